The first-order valence-electron chi connectivity index (χ1n) is 8.67. The minimum atomic E-state index is -0.782. The number of pyridine rings is 1. The fourth-order valence-electron chi connectivity index (χ4n) is 2.94. The molecule has 0 saturated carbocycles. The van der Waals surface area contributed by atoms with E-state index in [-0.39, 0.29) is 36.2 Å². The summed E-state index contributed by atoms with van der Waals surface area (Å²) in [5.74, 6) is -0.532. The number of para-hydroxylation sites is 1. The Morgan fingerprint density at radius 1 is 1.17 bits per heavy atom. The predicted molar refractivity (Wildman–Crippen MR) is 105 cm³/mol. The van der Waals surface area contributed by atoms with Crippen molar-refractivity contribution < 1.29 is 9.72 Å². The zero-order valence-electron chi connectivity index (χ0n) is 15.0. The molecule has 11 heteroatoms. The lowest BCUT2D eigenvalue weighted by molar-refractivity contribution is -0.385. The van der Waals surface area contributed by atoms with Gasteiger partial charge in [-0.05, 0) is 18.2 Å². The lowest BCUT2D eigenvalue weighted by atomic mass is 10.2. The molecule has 0 radical (unpaired) electrons. The van der Waals surface area contributed by atoms with Crippen LogP contribution in [0.25, 0.3) is 16.6 Å². The number of anilines is 1. The largest absolute Gasteiger partial charge is 0.376 e. The van der Waals surface area contributed by atoms with Crippen LogP contribution in [0, 0.1) is 10.1 Å². The van der Waals surface area contributed by atoms with Gasteiger partial charge >= 0.3 is 11.2 Å². The van der Waals surface area contributed by atoms with Gasteiger partial charge in [0.25, 0.3) is 5.91 Å². The maximum absolute atomic E-state index is 12.4. The third-order valence-electron chi connectivity index (χ3n) is 4.28. The van der Waals surface area contributed by atoms with Crippen LogP contribution < -0.4 is 16.2 Å². The Kier molecular flexibility index (Phi) is 4.61. The third-order valence-corrected chi connectivity index (χ3v) is 4.28. The second-order valence-corrected chi connectivity index (χ2v) is 6.10. The highest BCUT2D eigenvalue weighted by molar-refractivity contribution is 6.04. The molecule has 0 spiro atoms. The molecule has 0 saturated heterocycles. The van der Waals surface area contributed by atoms with E-state index in [0.717, 1.165) is 9.92 Å². The van der Waals surface area contributed by atoms with Crippen molar-refractivity contribution in [1.29, 1.82) is 0 Å². The fraction of sp³-hybridized carbons (Fsp3) is 0.111. The SMILES string of the molecule is O=C(NCCNc1nc2ccccn2c(=O)c1[N+](=O)[O-])c1n[nH]c2ccccc12. The lowest BCUT2D eigenvalue weighted by Crippen LogP contribution is -2.30. The van der Waals surface area contributed by atoms with Crippen molar-refractivity contribution in [1.82, 2.24) is 24.9 Å². The van der Waals surface area contributed by atoms with Crippen LogP contribution in [0.3, 0.4) is 0 Å². The number of nitrogens with one attached hydrogen (secondary N) is 3. The van der Waals surface area contributed by atoms with E-state index >= 15 is 0 Å². The summed E-state index contributed by atoms with van der Waals surface area (Å²) in [4.78, 5) is 39.4. The molecule has 3 heterocycles. The van der Waals surface area contributed by atoms with Gasteiger partial charge in [0, 0.05) is 24.7 Å². The van der Waals surface area contributed by atoms with Crippen LogP contribution in [0.5, 0.6) is 0 Å². The summed E-state index contributed by atoms with van der Waals surface area (Å²) in [6.45, 7) is 0.275. The molecule has 0 aliphatic rings. The Balaban J connectivity index is 1.47. The van der Waals surface area contributed by atoms with E-state index in [1.165, 1.54) is 6.20 Å². The summed E-state index contributed by atoms with van der Waals surface area (Å²) in [5, 5.41) is 24.3. The number of benzene rings is 1. The first-order chi connectivity index (χ1) is 14.1. The smallest absolute Gasteiger partial charge is 0.362 e. The van der Waals surface area contributed by atoms with Crippen LogP contribution in [0.1, 0.15) is 10.5 Å². The summed E-state index contributed by atoms with van der Waals surface area (Å²) in [5.41, 5.74) is -0.160. The van der Waals surface area contributed by atoms with Crippen molar-refractivity contribution in [3.8, 4) is 0 Å². The molecule has 4 aromatic rings. The highest BCUT2D eigenvalue weighted by Crippen LogP contribution is 2.18. The second kappa shape index (κ2) is 7.38. The average molecular weight is 393 g/mol. The Morgan fingerprint density at radius 2 is 1.97 bits per heavy atom. The van der Waals surface area contributed by atoms with Crippen molar-refractivity contribution in [3.05, 3.63) is 74.8 Å². The summed E-state index contributed by atoms with van der Waals surface area (Å²) >= 11 is 0. The quantitative estimate of drug-likeness (QED) is 0.254. The number of aromatic amines is 1. The number of hydrogen-bond donors (Lipinski definition) is 3. The normalized spacial score (nSPS) is 10.9. The standard InChI is InChI=1S/C18H15N7O4/c26-17(14-11-5-1-2-6-12(11)22-23-14)20-9-8-19-16-15(25(28)29)18(27)24-10-4-3-7-13(24)21-16/h1-7,10,19H,8-9H2,(H,20,26)(H,22,23). The molecule has 0 atom stereocenters. The van der Waals surface area contributed by atoms with Crippen LogP contribution in [0.15, 0.2) is 53.5 Å². The first-order valence-corrected chi connectivity index (χ1v) is 8.67. The molecule has 29 heavy (non-hydrogen) atoms. The third kappa shape index (κ3) is 3.36. The molecule has 1 amide bonds. The number of rotatable bonds is 6. The molecule has 3 aromatic heterocycles. The summed E-state index contributed by atoms with van der Waals surface area (Å²) in [6.07, 6.45) is 1.41. The number of amides is 1. The minimum absolute atomic E-state index is 0.129. The van der Waals surface area contributed by atoms with Gasteiger partial charge in [-0.2, -0.15) is 5.10 Å². The van der Waals surface area contributed by atoms with Crippen molar-refractivity contribution >= 4 is 34.0 Å². The predicted octanol–water partition coefficient (Wildman–Crippen LogP) is 1.32. The Morgan fingerprint density at radius 3 is 2.79 bits per heavy atom. The Bertz CT molecular complexity index is 1290. The fourth-order valence-corrected chi connectivity index (χ4v) is 2.94. The first kappa shape index (κ1) is 18.1. The maximum atomic E-state index is 12.4. The van der Waals surface area contributed by atoms with Gasteiger partial charge in [-0.1, -0.05) is 24.3 Å². The number of H-pyrrole nitrogens is 1. The number of hydrogen-bond acceptors (Lipinski definition) is 7. The van der Waals surface area contributed by atoms with Crippen LogP contribution in [0.4, 0.5) is 11.5 Å². The number of carbonyl (C=O) groups excluding carboxylic acids is 1. The Labute approximate surface area is 162 Å². The lowest BCUT2D eigenvalue weighted by Gasteiger charge is -2.08. The number of fused-ring (bicyclic) bond motifs is 2. The summed E-state index contributed by atoms with van der Waals surface area (Å²) in [7, 11) is 0. The monoisotopic (exact) mass is 393 g/mol. The van der Waals surface area contributed by atoms with Crippen molar-refractivity contribution in [2.24, 2.45) is 0 Å². The maximum Gasteiger partial charge on any atom is 0.376 e. The highest BCUT2D eigenvalue weighted by Gasteiger charge is 2.23. The zero-order valence-corrected chi connectivity index (χ0v) is 15.0. The minimum Gasteiger partial charge on any atom is -0.362 e. The molecule has 0 bridgehead atoms. The molecule has 146 valence electrons. The van der Waals surface area contributed by atoms with E-state index in [0.29, 0.717) is 5.39 Å². The number of nitrogens with zero attached hydrogens (tertiary/aromatic N) is 4. The molecule has 3 N–H and O–H groups in total. The van der Waals surface area contributed by atoms with Gasteiger partial charge in [-0.3, -0.25) is 29.2 Å². The van der Waals surface area contributed by atoms with Crippen LogP contribution in [-0.4, -0.2) is 43.5 Å². The molecule has 0 unspecified atom stereocenters. The molecule has 1 aromatic carbocycles. The van der Waals surface area contributed by atoms with E-state index in [2.05, 4.69) is 25.8 Å². The topological polar surface area (TPSA) is 147 Å². The van der Waals surface area contributed by atoms with Gasteiger partial charge in [-0.15, -0.1) is 0 Å². The van der Waals surface area contributed by atoms with E-state index in [1.54, 1.807) is 30.3 Å². The number of carbonyl (C=O) groups is 1. The molecule has 4 rings (SSSR count). The van der Waals surface area contributed by atoms with Crippen LogP contribution in [0.2, 0.25) is 0 Å². The van der Waals surface area contributed by atoms with E-state index < -0.39 is 16.2 Å². The van der Waals surface area contributed by atoms with Crippen LogP contribution >= 0.6 is 0 Å². The van der Waals surface area contributed by atoms with E-state index in [9.17, 15) is 19.7 Å². The molecule has 0 aliphatic heterocycles. The van der Waals surface area contributed by atoms with Crippen LogP contribution in [-0.2, 0) is 0 Å². The van der Waals surface area contributed by atoms with Gasteiger partial charge in [-0.25, -0.2) is 4.98 Å². The Hall–Kier alpha value is -4.28. The van der Waals surface area contributed by atoms with Crippen molar-refractivity contribution in [3.63, 3.8) is 0 Å². The molecular formula is C18H15N7O4. The van der Waals surface area contributed by atoms with Crippen molar-refractivity contribution in [2.45, 2.75) is 0 Å². The summed E-state index contributed by atoms with van der Waals surface area (Å²) in [6, 6.07) is 12.1. The molecular weight excluding hydrogens is 378 g/mol. The van der Waals surface area contributed by atoms with Gasteiger partial charge in [0.1, 0.15) is 5.65 Å². The van der Waals surface area contributed by atoms with Gasteiger partial charge in [0.15, 0.2) is 5.69 Å². The second-order valence-electron chi connectivity index (χ2n) is 6.10. The van der Waals surface area contributed by atoms with Gasteiger partial charge in [0.2, 0.25) is 5.82 Å². The molecule has 11 nitrogen and oxygen atoms in total. The van der Waals surface area contributed by atoms with Gasteiger partial charge < -0.3 is 10.6 Å². The molecule has 0 fully saturated rings. The zero-order chi connectivity index (χ0) is 20.4. The average Bonchev–Trinajstić information content (AvgIpc) is 3.15. The number of aromatic nitrogens is 4. The van der Waals surface area contributed by atoms with E-state index in [4.69, 9.17) is 0 Å². The van der Waals surface area contributed by atoms with Gasteiger partial charge in [0.05, 0.1) is 10.4 Å². The molecule has 0 aliphatic carbocycles. The van der Waals surface area contributed by atoms with E-state index in [1.807, 2.05) is 12.1 Å². The number of nitro groups is 1. The summed E-state index contributed by atoms with van der Waals surface area (Å²) < 4.78 is 1.10. The van der Waals surface area contributed by atoms with Crippen molar-refractivity contribution in [2.75, 3.05) is 18.4 Å². The highest BCUT2D eigenvalue weighted by atomic mass is 16.6.